The van der Waals surface area contributed by atoms with Gasteiger partial charge in [0, 0.05) is 18.9 Å². The number of anilines is 1. The van der Waals surface area contributed by atoms with Crippen LogP contribution in [0.25, 0.3) is 0 Å². The number of hydrogen-bond acceptors (Lipinski definition) is 3. The van der Waals surface area contributed by atoms with E-state index in [-0.39, 0.29) is 5.91 Å². The maximum Gasteiger partial charge on any atom is 0.245 e. The molecule has 1 amide bonds. The van der Waals surface area contributed by atoms with E-state index >= 15 is 0 Å². The average Bonchev–Trinajstić information content (AvgIpc) is 2.43. The number of ether oxygens (including phenoxy) is 1. The first-order valence-corrected chi connectivity index (χ1v) is 6.14. The first-order chi connectivity index (χ1) is 9.07. The molecule has 0 saturated carbocycles. The Kier molecular flexibility index (Phi) is 3.82. The zero-order chi connectivity index (χ0) is 13.9. The summed E-state index contributed by atoms with van der Waals surface area (Å²) in [7, 11) is 0. The fraction of sp³-hybridized carbons (Fsp3) is 0.429. The van der Waals surface area contributed by atoms with E-state index in [1.165, 1.54) is 12.1 Å². The molecule has 2 rings (SSSR count). The number of aryl methyl sites for hydroxylation is 1. The maximum absolute atomic E-state index is 13.2. The number of nitrogens with zero attached hydrogens (tertiary/aromatic N) is 1. The molecule has 0 unspecified atom stereocenters. The third-order valence-corrected chi connectivity index (χ3v) is 3.44. The predicted molar refractivity (Wildman–Crippen MR) is 67.9 cm³/mol. The van der Waals surface area contributed by atoms with Crippen LogP contribution in [0.1, 0.15) is 18.4 Å². The minimum absolute atomic E-state index is 0.365. The number of benzene rings is 1. The minimum atomic E-state index is -1.07. The molecule has 5 heteroatoms. The summed E-state index contributed by atoms with van der Waals surface area (Å²) in [6.45, 7) is 2.56. The van der Waals surface area contributed by atoms with Crippen molar-refractivity contribution in [3.05, 3.63) is 29.6 Å². The number of amides is 1. The van der Waals surface area contributed by atoms with E-state index in [0.29, 0.717) is 31.7 Å². The van der Waals surface area contributed by atoms with E-state index in [0.717, 1.165) is 5.56 Å². The van der Waals surface area contributed by atoms with Gasteiger partial charge in [0.2, 0.25) is 5.91 Å². The van der Waals surface area contributed by atoms with Crippen LogP contribution in [0, 0.1) is 29.5 Å². The Bertz CT molecular complexity index is 531. The highest BCUT2D eigenvalue weighted by atomic mass is 19.1. The third-order valence-electron chi connectivity index (χ3n) is 3.44. The van der Waals surface area contributed by atoms with Crippen LogP contribution >= 0.6 is 0 Å². The molecule has 1 aliphatic rings. The van der Waals surface area contributed by atoms with Gasteiger partial charge in [-0.3, -0.25) is 4.79 Å². The summed E-state index contributed by atoms with van der Waals surface area (Å²) in [5.41, 5.74) is 0.0952. The molecule has 1 N–H and O–H groups in total. The van der Waals surface area contributed by atoms with Crippen molar-refractivity contribution < 1.29 is 13.9 Å². The Balaban J connectivity index is 2.20. The maximum atomic E-state index is 13.2. The molecule has 0 spiro atoms. The van der Waals surface area contributed by atoms with Gasteiger partial charge in [0.1, 0.15) is 11.2 Å². The molecule has 1 fully saturated rings. The van der Waals surface area contributed by atoms with Gasteiger partial charge < -0.3 is 10.1 Å². The van der Waals surface area contributed by atoms with Gasteiger partial charge in [-0.15, -0.1) is 0 Å². The summed E-state index contributed by atoms with van der Waals surface area (Å²) in [6, 6.07) is 6.27. The van der Waals surface area contributed by atoms with Crippen LogP contribution < -0.4 is 5.32 Å². The van der Waals surface area contributed by atoms with Crippen molar-refractivity contribution in [3.8, 4) is 6.07 Å². The van der Waals surface area contributed by atoms with Crippen LogP contribution in [-0.4, -0.2) is 19.1 Å². The molecule has 100 valence electrons. The van der Waals surface area contributed by atoms with Crippen LogP contribution in [0.2, 0.25) is 0 Å². The number of hydrogen-bond donors (Lipinski definition) is 1. The number of carbonyl (C=O) groups is 1. The van der Waals surface area contributed by atoms with E-state index < -0.39 is 11.2 Å². The van der Waals surface area contributed by atoms with E-state index in [1.54, 1.807) is 13.0 Å². The number of carbonyl (C=O) groups excluding carboxylic acids is 1. The number of nitrogens with one attached hydrogen (secondary N) is 1. The molecule has 1 aromatic carbocycles. The van der Waals surface area contributed by atoms with Crippen LogP contribution in [0.5, 0.6) is 0 Å². The third kappa shape index (κ3) is 2.74. The van der Waals surface area contributed by atoms with Gasteiger partial charge in [0.15, 0.2) is 0 Å². The van der Waals surface area contributed by atoms with Crippen molar-refractivity contribution >= 4 is 11.6 Å². The van der Waals surface area contributed by atoms with Crippen LogP contribution in [0.4, 0.5) is 10.1 Å². The number of nitriles is 1. The lowest BCUT2D eigenvalue weighted by atomic mass is 9.81. The molecule has 1 heterocycles. The van der Waals surface area contributed by atoms with E-state index in [9.17, 15) is 14.4 Å². The van der Waals surface area contributed by atoms with E-state index in [1.807, 2.05) is 0 Å². The summed E-state index contributed by atoms with van der Waals surface area (Å²) in [5.74, 6) is -0.800. The van der Waals surface area contributed by atoms with E-state index in [2.05, 4.69) is 11.4 Å². The van der Waals surface area contributed by atoms with Gasteiger partial charge in [-0.2, -0.15) is 5.26 Å². The lowest BCUT2D eigenvalue weighted by Crippen LogP contribution is -2.40. The highest BCUT2D eigenvalue weighted by molar-refractivity contribution is 5.97. The van der Waals surface area contributed by atoms with Crippen molar-refractivity contribution in [3.63, 3.8) is 0 Å². The van der Waals surface area contributed by atoms with Crippen molar-refractivity contribution in [2.75, 3.05) is 18.5 Å². The van der Waals surface area contributed by atoms with Gasteiger partial charge in [-0.25, -0.2) is 4.39 Å². The summed E-state index contributed by atoms with van der Waals surface area (Å²) >= 11 is 0. The smallest absolute Gasteiger partial charge is 0.245 e. The molecule has 1 aromatic rings. The summed E-state index contributed by atoms with van der Waals surface area (Å²) in [4.78, 5) is 12.3. The largest absolute Gasteiger partial charge is 0.381 e. The van der Waals surface area contributed by atoms with Crippen LogP contribution in [0.15, 0.2) is 18.2 Å². The lowest BCUT2D eigenvalue weighted by molar-refractivity contribution is -0.126. The second-order valence-corrected chi connectivity index (χ2v) is 4.72. The van der Waals surface area contributed by atoms with Gasteiger partial charge in [-0.1, -0.05) is 6.07 Å². The molecule has 4 nitrogen and oxygen atoms in total. The Hall–Kier alpha value is -1.93. The molecule has 0 atom stereocenters. The summed E-state index contributed by atoms with van der Waals surface area (Å²) < 4.78 is 18.4. The highest BCUT2D eigenvalue weighted by Crippen LogP contribution is 2.31. The molecule has 0 aliphatic carbocycles. The monoisotopic (exact) mass is 262 g/mol. The molecular weight excluding hydrogens is 247 g/mol. The molecule has 1 aliphatic heterocycles. The van der Waals surface area contributed by atoms with Crippen LogP contribution in [-0.2, 0) is 9.53 Å². The van der Waals surface area contributed by atoms with E-state index in [4.69, 9.17) is 4.74 Å². The molecule has 19 heavy (non-hydrogen) atoms. The Morgan fingerprint density at radius 1 is 1.47 bits per heavy atom. The Morgan fingerprint density at radius 3 is 2.79 bits per heavy atom. The Labute approximate surface area is 111 Å². The highest BCUT2D eigenvalue weighted by Gasteiger charge is 2.40. The summed E-state index contributed by atoms with van der Waals surface area (Å²) in [6.07, 6.45) is 0.730. The number of rotatable bonds is 2. The second kappa shape index (κ2) is 5.37. The SMILES string of the molecule is Cc1ccc(F)cc1NC(=O)C1(C#N)CCOCC1. The standard InChI is InChI=1S/C14H15FN2O2/c1-10-2-3-11(15)8-12(10)17-13(18)14(9-16)4-6-19-7-5-14/h2-3,8H,4-7H2,1H3,(H,17,18). The minimum Gasteiger partial charge on any atom is -0.381 e. The van der Waals surface area contributed by atoms with Crippen molar-refractivity contribution in [2.24, 2.45) is 5.41 Å². The fourth-order valence-corrected chi connectivity index (χ4v) is 2.08. The van der Waals surface area contributed by atoms with Crippen molar-refractivity contribution in [1.82, 2.24) is 0 Å². The van der Waals surface area contributed by atoms with Crippen molar-refractivity contribution in [2.45, 2.75) is 19.8 Å². The van der Waals surface area contributed by atoms with Gasteiger partial charge in [0.05, 0.1) is 6.07 Å². The molecule has 0 aromatic heterocycles. The van der Waals surface area contributed by atoms with Crippen molar-refractivity contribution in [1.29, 1.82) is 5.26 Å². The number of halogens is 1. The molecular formula is C14H15FN2O2. The van der Waals surface area contributed by atoms with Gasteiger partial charge >= 0.3 is 0 Å². The predicted octanol–water partition coefficient (Wildman–Crippen LogP) is 2.39. The van der Waals surface area contributed by atoms with Gasteiger partial charge in [0.25, 0.3) is 0 Å². The van der Waals surface area contributed by atoms with Gasteiger partial charge in [-0.05, 0) is 37.5 Å². The second-order valence-electron chi connectivity index (χ2n) is 4.72. The fourth-order valence-electron chi connectivity index (χ4n) is 2.08. The first kappa shape index (κ1) is 13.5. The van der Waals surface area contributed by atoms with Crippen LogP contribution in [0.3, 0.4) is 0 Å². The first-order valence-electron chi connectivity index (χ1n) is 6.14. The Morgan fingerprint density at radius 2 is 2.16 bits per heavy atom. The normalized spacial score (nSPS) is 17.5. The molecule has 1 saturated heterocycles. The quantitative estimate of drug-likeness (QED) is 0.890. The molecule has 0 bridgehead atoms. The topological polar surface area (TPSA) is 62.1 Å². The molecule has 0 radical (unpaired) electrons. The lowest BCUT2D eigenvalue weighted by Gasteiger charge is -2.29. The average molecular weight is 262 g/mol. The zero-order valence-corrected chi connectivity index (χ0v) is 10.7. The summed E-state index contributed by atoms with van der Waals surface area (Å²) in [5, 5.41) is 11.9. The zero-order valence-electron chi connectivity index (χ0n) is 10.7.